The monoisotopic (exact) mass is 322 g/mol. The van der Waals surface area contributed by atoms with Crippen molar-refractivity contribution < 1.29 is 13.9 Å². The molecule has 1 amide bonds. The Balaban J connectivity index is 1.68. The summed E-state index contributed by atoms with van der Waals surface area (Å²) in [6, 6.07) is 6.38. The molecule has 1 aliphatic rings. The molecule has 0 aliphatic carbocycles. The number of benzene rings is 1. The molecule has 1 heterocycles. The Hall–Kier alpha value is -1.46. The summed E-state index contributed by atoms with van der Waals surface area (Å²) in [5.41, 5.74) is 0.994. The Labute approximate surface area is 138 Å². The van der Waals surface area contributed by atoms with Gasteiger partial charge in [0.1, 0.15) is 5.82 Å². The van der Waals surface area contributed by atoms with Crippen LogP contribution in [-0.2, 0) is 9.53 Å². The first-order valence-electron chi connectivity index (χ1n) is 8.32. The molecule has 1 N–H and O–H groups in total. The zero-order valence-corrected chi connectivity index (χ0v) is 14.1. The van der Waals surface area contributed by atoms with Gasteiger partial charge in [0.05, 0.1) is 6.61 Å². The fourth-order valence-electron chi connectivity index (χ4n) is 3.02. The van der Waals surface area contributed by atoms with Gasteiger partial charge in [0.15, 0.2) is 0 Å². The first kappa shape index (κ1) is 17.9. The SMILES string of the molecule is COCCN1CC[C@H](CNC(=O)C[C@H](C)c2ccc(F)cc2)C1. The maximum Gasteiger partial charge on any atom is 0.220 e. The number of carbonyl (C=O) groups excluding carboxylic acids is 1. The van der Waals surface area contributed by atoms with Gasteiger partial charge in [-0.1, -0.05) is 19.1 Å². The zero-order chi connectivity index (χ0) is 16.7. The number of methoxy groups -OCH3 is 1. The average molecular weight is 322 g/mol. The van der Waals surface area contributed by atoms with Gasteiger partial charge in [0.2, 0.25) is 5.91 Å². The summed E-state index contributed by atoms with van der Waals surface area (Å²) in [5.74, 6) is 0.441. The van der Waals surface area contributed by atoms with E-state index >= 15 is 0 Å². The van der Waals surface area contributed by atoms with Gasteiger partial charge in [0.25, 0.3) is 0 Å². The molecule has 0 saturated carbocycles. The summed E-state index contributed by atoms with van der Waals surface area (Å²) in [6.07, 6.45) is 1.56. The number of rotatable bonds is 8. The van der Waals surface area contributed by atoms with Gasteiger partial charge in [-0.3, -0.25) is 4.79 Å². The molecule has 0 aromatic heterocycles. The molecule has 2 rings (SSSR count). The third-order valence-electron chi connectivity index (χ3n) is 4.50. The van der Waals surface area contributed by atoms with Crippen molar-refractivity contribution in [1.29, 1.82) is 0 Å². The second kappa shape index (κ2) is 8.99. The smallest absolute Gasteiger partial charge is 0.220 e. The van der Waals surface area contributed by atoms with Gasteiger partial charge >= 0.3 is 0 Å². The van der Waals surface area contributed by atoms with E-state index in [9.17, 15) is 9.18 Å². The number of hydrogen-bond donors (Lipinski definition) is 1. The zero-order valence-electron chi connectivity index (χ0n) is 14.1. The van der Waals surface area contributed by atoms with Crippen LogP contribution in [0.1, 0.15) is 31.2 Å². The van der Waals surface area contributed by atoms with Crippen LogP contribution in [0.15, 0.2) is 24.3 Å². The van der Waals surface area contributed by atoms with E-state index in [0.717, 1.165) is 44.8 Å². The summed E-state index contributed by atoms with van der Waals surface area (Å²) in [6.45, 7) is 6.55. The summed E-state index contributed by atoms with van der Waals surface area (Å²) < 4.78 is 18.0. The summed E-state index contributed by atoms with van der Waals surface area (Å²) in [7, 11) is 1.72. The molecule has 23 heavy (non-hydrogen) atoms. The van der Waals surface area contributed by atoms with Gasteiger partial charge < -0.3 is 15.0 Å². The third-order valence-corrected chi connectivity index (χ3v) is 4.50. The van der Waals surface area contributed by atoms with E-state index < -0.39 is 0 Å². The Bertz CT molecular complexity index is 492. The highest BCUT2D eigenvalue weighted by Crippen LogP contribution is 2.19. The van der Waals surface area contributed by atoms with E-state index in [1.807, 2.05) is 6.92 Å². The van der Waals surface area contributed by atoms with Gasteiger partial charge in [-0.05, 0) is 42.5 Å². The summed E-state index contributed by atoms with van der Waals surface area (Å²) >= 11 is 0. The van der Waals surface area contributed by atoms with Crippen LogP contribution in [0, 0.1) is 11.7 Å². The van der Waals surface area contributed by atoms with Gasteiger partial charge in [-0.15, -0.1) is 0 Å². The molecular formula is C18H27FN2O2. The van der Waals surface area contributed by atoms with Gasteiger partial charge in [-0.2, -0.15) is 0 Å². The second-order valence-electron chi connectivity index (χ2n) is 6.41. The normalized spacial score (nSPS) is 19.7. The minimum atomic E-state index is -0.246. The quantitative estimate of drug-likeness (QED) is 0.799. The predicted molar refractivity (Wildman–Crippen MR) is 88.9 cm³/mol. The number of likely N-dealkylation sites (tertiary alicyclic amines) is 1. The minimum Gasteiger partial charge on any atom is -0.383 e. The fraction of sp³-hybridized carbons (Fsp3) is 0.611. The highest BCUT2D eigenvalue weighted by atomic mass is 19.1. The highest BCUT2D eigenvalue weighted by molar-refractivity contribution is 5.76. The number of carbonyl (C=O) groups is 1. The molecule has 5 heteroatoms. The molecule has 128 valence electrons. The number of halogens is 1. The van der Waals surface area contributed by atoms with Crippen molar-refractivity contribution in [2.75, 3.05) is 39.9 Å². The maximum absolute atomic E-state index is 12.9. The number of amides is 1. The van der Waals surface area contributed by atoms with Crippen molar-refractivity contribution in [3.05, 3.63) is 35.6 Å². The number of nitrogens with zero attached hydrogens (tertiary/aromatic N) is 1. The van der Waals surface area contributed by atoms with Crippen LogP contribution in [-0.4, -0.2) is 50.7 Å². The molecule has 1 aromatic carbocycles. The van der Waals surface area contributed by atoms with E-state index in [2.05, 4.69) is 10.2 Å². The highest BCUT2D eigenvalue weighted by Gasteiger charge is 2.22. The van der Waals surface area contributed by atoms with Crippen molar-refractivity contribution in [2.24, 2.45) is 5.92 Å². The van der Waals surface area contributed by atoms with Crippen LogP contribution in [0.2, 0.25) is 0 Å². The second-order valence-corrected chi connectivity index (χ2v) is 6.41. The van der Waals surface area contributed by atoms with Crippen LogP contribution in [0.25, 0.3) is 0 Å². The van der Waals surface area contributed by atoms with Crippen molar-refractivity contribution in [3.63, 3.8) is 0 Å². The van der Waals surface area contributed by atoms with E-state index in [-0.39, 0.29) is 17.6 Å². The lowest BCUT2D eigenvalue weighted by molar-refractivity contribution is -0.121. The van der Waals surface area contributed by atoms with E-state index in [1.165, 1.54) is 12.1 Å². The molecule has 0 bridgehead atoms. The van der Waals surface area contributed by atoms with Crippen LogP contribution < -0.4 is 5.32 Å². The lowest BCUT2D eigenvalue weighted by atomic mass is 9.97. The Morgan fingerprint density at radius 3 is 2.87 bits per heavy atom. The minimum absolute atomic E-state index is 0.0668. The van der Waals surface area contributed by atoms with Crippen LogP contribution in [0.3, 0.4) is 0 Å². The van der Waals surface area contributed by atoms with Crippen molar-refractivity contribution in [2.45, 2.75) is 25.7 Å². The van der Waals surface area contributed by atoms with Crippen LogP contribution in [0.5, 0.6) is 0 Å². The van der Waals surface area contributed by atoms with Crippen molar-refractivity contribution >= 4 is 5.91 Å². The molecule has 1 aromatic rings. The molecule has 0 spiro atoms. The van der Waals surface area contributed by atoms with Gasteiger partial charge in [0, 0.05) is 33.2 Å². The lowest BCUT2D eigenvalue weighted by Gasteiger charge is -2.16. The van der Waals surface area contributed by atoms with Gasteiger partial charge in [-0.25, -0.2) is 4.39 Å². The molecular weight excluding hydrogens is 295 g/mol. The first-order valence-corrected chi connectivity index (χ1v) is 8.32. The standard InChI is InChI=1S/C18H27FN2O2/c1-14(16-3-5-17(19)6-4-16)11-18(22)20-12-15-7-8-21(13-15)9-10-23-2/h3-6,14-15H,7-13H2,1-2H3,(H,20,22)/t14-,15+/m0/s1. The number of hydrogen-bond acceptors (Lipinski definition) is 3. The first-order chi connectivity index (χ1) is 11.1. The molecule has 1 aliphatic heterocycles. The number of ether oxygens (including phenoxy) is 1. The fourth-order valence-corrected chi connectivity index (χ4v) is 3.02. The molecule has 2 atom stereocenters. The Morgan fingerprint density at radius 2 is 2.17 bits per heavy atom. The summed E-state index contributed by atoms with van der Waals surface area (Å²) in [5, 5.41) is 3.04. The Morgan fingerprint density at radius 1 is 1.43 bits per heavy atom. The van der Waals surface area contributed by atoms with E-state index in [1.54, 1.807) is 19.2 Å². The van der Waals surface area contributed by atoms with Crippen molar-refractivity contribution in [3.8, 4) is 0 Å². The van der Waals surface area contributed by atoms with Crippen molar-refractivity contribution in [1.82, 2.24) is 10.2 Å². The lowest BCUT2D eigenvalue weighted by Crippen LogP contribution is -2.32. The third kappa shape index (κ3) is 5.92. The summed E-state index contributed by atoms with van der Waals surface area (Å²) in [4.78, 5) is 14.5. The van der Waals surface area contributed by atoms with E-state index in [4.69, 9.17) is 4.74 Å². The molecule has 4 nitrogen and oxygen atoms in total. The molecule has 1 saturated heterocycles. The molecule has 0 unspecified atom stereocenters. The maximum atomic E-state index is 12.9. The predicted octanol–water partition coefficient (Wildman–Crippen LogP) is 2.40. The molecule has 1 fully saturated rings. The van der Waals surface area contributed by atoms with E-state index in [0.29, 0.717) is 12.3 Å². The molecule has 0 radical (unpaired) electrons. The van der Waals surface area contributed by atoms with Crippen LogP contribution in [0.4, 0.5) is 4.39 Å². The average Bonchev–Trinajstić information content (AvgIpc) is 2.99. The van der Waals surface area contributed by atoms with Crippen LogP contribution >= 0.6 is 0 Å². The number of nitrogens with one attached hydrogen (secondary N) is 1. The topological polar surface area (TPSA) is 41.6 Å². The largest absolute Gasteiger partial charge is 0.383 e. The Kier molecular flexibility index (Phi) is 6.99.